The topological polar surface area (TPSA) is 64.3 Å². The Labute approximate surface area is 128 Å². The van der Waals surface area contributed by atoms with Crippen molar-refractivity contribution in [2.24, 2.45) is 0 Å². The van der Waals surface area contributed by atoms with E-state index < -0.39 is 5.97 Å². The molecule has 2 aromatic rings. The number of benzene rings is 1. The number of aliphatic carboxylic acids is 1. The van der Waals surface area contributed by atoms with Crippen molar-refractivity contribution >= 4 is 28.8 Å². The lowest BCUT2D eigenvalue weighted by Gasteiger charge is -2.13. The first-order valence-electron chi connectivity index (χ1n) is 6.92. The van der Waals surface area contributed by atoms with Crippen molar-refractivity contribution in [3.63, 3.8) is 0 Å². The average Bonchev–Trinajstić information content (AvgIpc) is 2.75. The van der Waals surface area contributed by atoms with Crippen molar-refractivity contribution in [3.05, 3.63) is 18.2 Å². The van der Waals surface area contributed by atoms with Crippen LogP contribution in [0.2, 0.25) is 0 Å². The van der Waals surface area contributed by atoms with Gasteiger partial charge in [0.05, 0.1) is 17.4 Å². The highest BCUT2D eigenvalue weighted by Gasteiger charge is 2.18. The maximum absolute atomic E-state index is 10.8. The van der Waals surface area contributed by atoms with Gasteiger partial charge < -0.3 is 14.4 Å². The highest BCUT2D eigenvalue weighted by atomic mass is 32.2. The first-order chi connectivity index (χ1) is 9.90. The van der Waals surface area contributed by atoms with Gasteiger partial charge in [-0.1, -0.05) is 17.8 Å². The number of nitrogens with zero attached hydrogens (tertiary/aromatic N) is 2. The molecular weight excluding hydrogens is 288 g/mol. The van der Waals surface area contributed by atoms with E-state index in [0.717, 1.165) is 16.8 Å². The van der Waals surface area contributed by atoms with Crippen LogP contribution in [-0.2, 0) is 4.79 Å². The zero-order chi connectivity index (χ0) is 15.6. The summed E-state index contributed by atoms with van der Waals surface area (Å²) < 4.78 is 7.85. The van der Waals surface area contributed by atoms with Crippen molar-refractivity contribution in [1.29, 1.82) is 0 Å². The van der Waals surface area contributed by atoms with E-state index in [9.17, 15) is 4.79 Å². The molecule has 1 aromatic heterocycles. The normalized spacial score (nSPS) is 11.5. The molecule has 1 N–H and O–H groups in total. The molecule has 6 heteroatoms. The highest BCUT2D eigenvalue weighted by Crippen LogP contribution is 2.32. The van der Waals surface area contributed by atoms with Gasteiger partial charge in [0.2, 0.25) is 0 Å². The molecule has 2 rings (SSSR count). The number of hydrogen-bond donors (Lipinski definition) is 1. The maximum Gasteiger partial charge on any atom is 0.313 e. The molecule has 0 aliphatic heterocycles. The molecule has 0 bridgehead atoms. The second kappa shape index (κ2) is 6.39. The third-order valence-corrected chi connectivity index (χ3v) is 3.79. The molecule has 0 amide bonds. The van der Waals surface area contributed by atoms with Gasteiger partial charge in [-0.05, 0) is 39.8 Å². The Hall–Kier alpha value is -1.69. The summed E-state index contributed by atoms with van der Waals surface area (Å²) in [6.45, 7) is 8.06. The molecule has 21 heavy (non-hydrogen) atoms. The number of thioether (sulfide) groups is 1. The van der Waals surface area contributed by atoms with Crippen LogP contribution in [0.25, 0.3) is 11.0 Å². The van der Waals surface area contributed by atoms with Crippen LogP contribution in [0, 0.1) is 0 Å². The number of imidazole rings is 1. The quantitative estimate of drug-likeness (QED) is 0.826. The van der Waals surface area contributed by atoms with Gasteiger partial charge in [0, 0.05) is 6.04 Å². The van der Waals surface area contributed by atoms with Gasteiger partial charge in [0.15, 0.2) is 5.16 Å². The van der Waals surface area contributed by atoms with Crippen molar-refractivity contribution in [2.75, 3.05) is 5.75 Å². The summed E-state index contributed by atoms with van der Waals surface area (Å²) in [4.78, 5) is 15.4. The number of aromatic nitrogens is 2. The number of fused-ring (bicyclic) bond motifs is 1. The molecule has 0 spiro atoms. The first-order valence-corrected chi connectivity index (χ1v) is 7.91. The van der Waals surface area contributed by atoms with E-state index in [1.807, 2.05) is 32.0 Å². The molecule has 0 saturated carbocycles. The minimum atomic E-state index is -0.846. The molecule has 0 aliphatic rings. The smallest absolute Gasteiger partial charge is 0.313 e. The van der Waals surface area contributed by atoms with Crippen LogP contribution in [0.15, 0.2) is 23.4 Å². The van der Waals surface area contributed by atoms with Crippen molar-refractivity contribution in [3.8, 4) is 5.75 Å². The second-order valence-corrected chi connectivity index (χ2v) is 6.27. The number of carboxylic acids is 1. The zero-order valence-electron chi connectivity index (χ0n) is 12.7. The van der Waals surface area contributed by atoms with Crippen LogP contribution in [0.4, 0.5) is 0 Å². The number of rotatable bonds is 6. The van der Waals surface area contributed by atoms with E-state index in [0.29, 0.717) is 5.16 Å². The predicted molar refractivity (Wildman–Crippen MR) is 84.2 cm³/mol. The van der Waals surface area contributed by atoms with Crippen LogP contribution in [0.5, 0.6) is 5.75 Å². The zero-order valence-corrected chi connectivity index (χ0v) is 13.5. The van der Waals surface area contributed by atoms with Gasteiger partial charge in [-0.2, -0.15) is 0 Å². The Kier molecular flexibility index (Phi) is 4.77. The summed E-state index contributed by atoms with van der Waals surface area (Å²) in [5.41, 5.74) is 1.75. The fourth-order valence-corrected chi connectivity index (χ4v) is 3.00. The number of para-hydroxylation sites is 1. The van der Waals surface area contributed by atoms with Crippen LogP contribution >= 0.6 is 11.8 Å². The summed E-state index contributed by atoms with van der Waals surface area (Å²) >= 11 is 1.23. The van der Waals surface area contributed by atoms with Crippen LogP contribution in [0.1, 0.15) is 33.7 Å². The molecule has 0 fully saturated rings. The lowest BCUT2D eigenvalue weighted by atomic mass is 10.2. The van der Waals surface area contributed by atoms with E-state index >= 15 is 0 Å². The molecular formula is C15H20N2O3S. The van der Waals surface area contributed by atoms with E-state index in [2.05, 4.69) is 23.4 Å². The number of ether oxygens (including phenoxy) is 1. The molecule has 114 valence electrons. The highest BCUT2D eigenvalue weighted by molar-refractivity contribution is 7.99. The second-order valence-electron chi connectivity index (χ2n) is 5.33. The fraction of sp³-hybridized carbons (Fsp3) is 0.467. The summed E-state index contributed by atoms with van der Waals surface area (Å²) in [5, 5.41) is 9.58. The van der Waals surface area contributed by atoms with Gasteiger partial charge in [0.1, 0.15) is 11.3 Å². The van der Waals surface area contributed by atoms with Crippen LogP contribution in [0.3, 0.4) is 0 Å². The molecule has 0 aliphatic carbocycles. The number of carboxylic acid groups (broad SMARTS) is 1. The van der Waals surface area contributed by atoms with Gasteiger partial charge in [0.25, 0.3) is 0 Å². The monoisotopic (exact) mass is 308 g/mol. The van der Waals surface area contributed by atoms with Crippen molar-refractivity contribution < 1.29 is 14.6 Å². The van der Waals surface area contributed by atoms with Gasteiger partial charge >= 0.3 is 5.97 Å². The molecule has 0 saturated heterocycles. The Morgan fingerprint density at radius 1 is 1.38 bits per heavy atom. The van der Waals surface area contributed by atoms with Crippen molar-refractivity contribution in [1.82, 2.24) is 9.55 Å². The van der Waals surface area contributed by atoms with Crippen molar-refractivity contribution in [2.45, 2.75) is 45.0 Å². The lowest BCUT2D eigenvalue weighted by molar-refractivity contribution is -0.133. The summed E-state index contributed by atoms with van der Waals surface area (Å²) in [6.07, 6.45) is 0.0647. The van der Waals surface area contributed by atoms with E-state index in [-0.39, 0.29) is 17.9 Å². The lowest BCUT2D eigenvalue weighted by Crippen LogP contribution is -2.06. The van der Waals surface area contributed by atoms with Crippen LogP contribution in [-0.4, -0.2) is 32.5 Å². The third-order valence-electron chi connectivity index (χ3n) is 2.85. The minimum Gasteiger partial charge on any atom is -0.489 e. The Morgan fingerprint density at radius 3 is 2.67 bits per heavy atom. The molecule has 5 nitrogen and oxygen atoms in total. The Bertz CT molecular complexity index is 650. The van der Waals surface area contributed by atoms with E-state index in [4.69, 9.17) is 9.84 Å². The average molecular weight is 308 g/mol. The Balaban J connectivity index is 2.52. The molecule has 0 unspecified atom stereocenters. The van der Waals surface area contributed by atoms with Gasteiger partial charge in [-0.25, -0.2) is 4.98 Å². The largest absolute Gasteiger partial charge is 0.489 e. The molecule has 1 aromatic carbocycles. The molecule has 0 atom stereocenters. The number of hydrogen-bond acceptors (Lipinski definition) is 4. The van der Waals surface area contributed by atoms with E-state index in [1.54, 1.807) is 0 Å². The van der Waals surface area contributed by atoms with Gasteiger partial charge in [-0.3, -0.25) is 4.79 Å². The fourth-order valence-electron chi connectivity index (χ4n) is 2.15. The first kappa shape index (κ1) is 15.7. The molecule has 0 radical (unpaired) electrons. The SMILES string of the molecule is CC(C)Oc1cccc2c1nc(SCC(=O)O)n2C(C)C. The number of carbonyl (C=O) groups is 1. The Morgan fingerprint density at radius 2 is 2.10 bits per heavy atom. The summed E-state index contributed by atoms with van der Waals surface area (Å²) in [5.74, 6) is -0.115. The van der Waals surface area contributed by atoms with E-state index in [1.165, 1.54) is 11.8 Å². The maximum atomic E-state index is 10.8. The minimum absolute atomic E-state index is 0.00356. The standard InChI is InChI=1S/C15H20N2O3S/c1-9(2)17-11-6-5-7-12(20-10(3)4)14(11)16-15(17)21-8-13(18)19/h5-7,9-10H,8H2,1-4H3,(H,18,19). The summed E-state index contributed by atoms with van der Waals surface area (Å²) in [6, 6.07) is 6.01. The molecule has 1 heterocycles. The summed E-state index contributed by atoms with van der Waals surface area (Å²) in [7, 11) is 0. The third kappa shape index (κ3) is 3.50. The van der Waals surface area contributed by atoms with Crippen LogP contribution < -0.4 is 4.74 Å². The van der Waals surface area contributed by atoms with Gasteiger partial charge in [-0.15, -0.1) is 0 Å². The predicted octanol–water partition coefficient (Wildman–Crippen LogP) is 3.58.